The summed E-state index contributed by atoms with van der Waals surface area (Å²) in [7, 11) is 0. The first-order valence-corrected chi connectivity index (χ1v) is 6.65. The minimum absolute atomic E-state index is 0.434. The molecule has 0 bridgehead atoms. The Kier molecular flexibility index (Phi) is 3.43. The summed E-state index contributed by atoms with van der Waals surface area (Å²) in [4.78, 5) is 7.87. The molecule has 0 fully saturated rings. The van der Waals surface area contributed by atoms with E-state index in [1.54, 1.807) is 0 Å². The SMILES string of the molecule is CC(C)c1ccc2[nH]c(CCl)nc2c1C(C)C. The molecule has 17 heavy (non-hydrogen) atoms. The van der Waals surface area contributed by atoms with Crippen molar-refractivity contribution in [2.45, 2.75) is 45.4 Å². The molecular formula is C14H19ClN2. The van der Waals surface area contributed by atoms with Crippen LogP contribution in [0.5, 0.6) is 0 Å². The zero-order chi connectivity index (χ0) is 12.6. The molecule has 0 atom stereocenters. The Balaban J connectivity index is 2.73. The molecule has 0 saturated carbocycles. The van der Waals surface area contributed by atoms with E-state index in [0.29, 0.717) is 17.7 Å². The van der Waals surface area contributed by atoms with E-state index in [1.165, 1.54) is 11.1 Å². The van der Waals surface area contributed by atoms with Crippen LogP contribution >= 0.6 is 11.6 Å². The van der Waals surface area contributed by atoms with Gasteiger partial charge in [-0.3, -0.25) is 0 Å². The van der Waals surface area contributed by atoms with E-state index in [1.807, 2.05) is 0 Å². The van der Waals surface area contributed by atoms with Gasteiger partial charge in [0.25, 0.3) is 0 Å². The van der Waals surface area contributed by atoms with Crippen molar-refractivity contribution < 1.29 is 0 Å². The third kappa shape index (κ3) is 2.19. The average Bonchev–Trinajstić information content (AvgIpc) is 2.69. The quantitative estimate of drug-likeness (QED) is 0.796. The molecule has 2 aromatic rings. The largest absolute Gasteiger partial charge is 0.341 e. The minimum atomic E-state index is 0.434. The molecule has 1 N–H and O–H groups in total. The number of rotatable bonds is 3. The molecule has 0 unspecified atom stereocenters. The van der Waals surface area contributed by atoms with Crippen LogP contribution in [0.2, 0.25) is 0 Å². The number of nitrogens with zero attached hydrogens (tertiary/aromatic N) is 1. The Morgan fingerprint density at radius 3 is 2.41 bits per heavy atom. The van der Waals surface area contributed by atoms with Crippen molar-refractivity contribution in [2.24, 2.45) is 0 Å². The second-order valence-electron chi connectivity index (χ2n) is 5.09. The van der Waals surface area contributed by atoms with E-state index in [0.717, 1.165) is 16.9 Å². The van der Waals surface area contributed by atoms with Gasteiger partial charge in [-0.1, -0.05) is 33.8 Å². The number of hydrogen-bond donors (Lipinski definition) is 1. The number of alkyl halides is 1. The zero-order valence-corrected chi connectivity index (χ0v) is 11.6. The number of aromatic nitrogens is 2. The summed E-state index contributed by atoms with van der Waals surface area (Å²) in [6.07, 6.45) is 0. The highest BCUT2D eigenvalue weighted by Crippen LogP contribution is 2.32. The maximum absolute atomic E-state index is 5.84. The Morgan fingerprint density at radius 1 is 1.18 bits per heavy atom. The van der Waals surface area contributed by atoms with E-state index < -0.39 is 0 Å². The molecule has 0 radical (unpaired) electrons. The molecule has 1 aromatic heterocycles. The van der Waals surface area contributed by atoms with Crippen LogP contribution < -0.4 is 0 Å². The van der Waals surface area contributed by atoms with Gasteiger partial charge in [0.15, 0.2) is 0 Å². The first-order valence-electron chi connectivity index (χ1n) is 6.12. The molecule has 0 aliphatic heterocycles. The van der Waals surface area contributed by atoms with E-state index in [9.17, 15) is 0 Å². The number of aromatic amines is 1. The molecule has 0 saturated heterocycles. The van der Waals surface area contributed by atoms with E-state index in [4.69, 9.17) is 11.6 Å². The normalized spacial score (nSPS) is 11.9. The Labute approximate surface area is 107 Å². The van der Waals surface area contributed by atoms with Gasteiger partial charge < -0.3 is 4.98 Å². The lowest BCUT2D eigenvalue weighted by Gasteiger charge is -2.16. The van der Waals surface area contributed by atoms with Crippen LogP contribution in [0.1, 0.15) is 56.5 Å². The fourth-order valence-corrected chi connectivity index (χ4v) is 2.46. The summed E-state index contributed by atoms with van der Waals surface area (Å²) < 4.78 is 0. The lowest BCUT2D eigenvalue weighted by molar-refractivity contribution is 0.796. The van der Waals surface area contributed by atoms with Gasteiger partial charge in [-0.15, -0.1) is 11.6 Å². The maximum atomic E-state index is 5.84. The standard InChI is InChI=1S/C14H19ClN2/c1-8(2)10-5-6-11-14(13(10)9(3)4)17-12(7-15)16-11/h5-6,8-9H,7H2,1-4H3,(H,16,17). The first-order chi connectivity index (χ1) is 8.04. The molecule has 2 rings (SSSR count). The molecule has 92 valence electrons. The van der Waals surface area contributed by atoms with Crippen molar-refractivity contribution >= 4 is 22.6 Å². The van der Waals surface area contributed by atoms with Crippen LogP contribution in [0.25, 0.3) is 11.0 Å². The summed E-state index contributed by atoms with van der Waals surface area (Å²) in [5.41, 5.74) is 4.92. The minimum Gasteiger partial charge on any atom is -0.341 e. The first kappa shape index (κ1) is 12.4. The molecule has 1 aromatic carbocycles. The van der Waals surface area contributed by atoms with E-state index in [2.05, 4.69) is 49.8 Å². The van der Waals surface area contributed by atoms with Gasteiger partial charge in [0, 0.05) is 0 Å². The van der Waals surface area contributed by atoms with Gasteiger partial charge in [-0.25, -0.2) is 4.98 Å². The van der Waals surface area contributed by atoms with Gasteiger partial charge in [-0.05, 0) is 29.0 Å². The Hall–Kier alpha value is -1.02. The van der Waals surface area contributed by atoms with Crippen molar-refractivity contribution in [1.82, 2.24) is 9.97 Å². The van der Waals surface area contributed by atoms with Crippen LogP contribution in [-0.4, -0.2) is 9.97 Å². The lowest BCUT2D eigenvalue weighted by Crippen LogP contribution is -1.99. The summed E-state index contributed by atoms with van der Waals surface area (Å²) in [5, 5.41) is 0. The van der Waals surface area contributed by atoms with Gasteiger partial charge >= 0.3 is 0 Å². The fraction of sp³-hybridized carbons (Fsp3) is 0.500. The van der Waals surface area contributed by atoms with Crippen LogP contribution in [0.3, 0.4) is 0 Å². The van der Waals surface area contributed by atoms with Crippen molar-refractivity contribution in [3.63, 3.8) is 0 Å². The smallest absolute Gasteiger partial charge is 0.122 e. The summed E-state index contributed by atoms with van der Waals surface area (Å²) in [5.74, 6) is 2.28. The number of halogens is 1. The van der Waals surface area contributed by atoms with Gasteiger partial charge in [0.05, 0.1) is 16.9 Å². The predicted molar refractivity (Wildman–Crippen MR) is 73.8 cm³/mol. The second kappa shape index (κ2) is 4.69. The number of benzene rings is 1. The third-order valence-electron chi connectivity index (χ3n) is 3.10. The van der Waals surface area contributed by atoms with Crippen molar-refractivity contribution in [1.29, 1.82) is 0 Å². The zero-order valence-electron chi connectivity index (χ0n) is 10.8. The predicted octanol–water partition coefficient (Wildman–Crippen LogP) is 4.55. The van der Waals surface area contributed by atoms with Crippen LogP contribution in [-0.2, 0) is 5.88 Å². The fourth-order valence-electron chi connectivity index (χ4n) is 2.34. The molecule has 0 aliphatic carbocycles. The second-order valence-corrected chi connectivity index (χ2v) is 5.36. The summed E-state index contributed by atoms with van der Waals surface area (Å²) >= 11 is 5.84. The van der Waals surface area contributed by atoms with Crippen LogP contribution in [0.15, 0.2) is 12.1 Å². The monoisotopic (exact) mass is 250 g/mol. The lowest BCUT2D eigenvalue weighted by atomic mass is 9.89. The number of fused-ring (bicyclic) bond motifs is 1. The molecule has 1 heterocycles. The van der Waals surface area contributed by atoms with Crippen LogP contribution in [0, 0.1) is 0 Å². The molecular weight excluding hydrogens is 232 g/mol. The summed E-state index contributed by atoms with van der Waals surface area (Å²) in [6.45, 7) is 8.88. The van der Waals surface area contributed by atoms with Gasteiger partial charge in [-0.2, -0.15) is 0 Å². The highest BCUT2D eigenvalue weighted by atomic mass is 35.5. The van der Waals surface area contributed by atoms with E-state index in [-0.39, 0.29) is 0 Å². The highest BCUT2D eigenvalue weighted by Gasteiger charge is 2.16. The molecule has 0 spiro atoms. The number of imidazole rings is 1. The Bertz CT molecular complexity index is 526. The van der Waals surface area contributed by atoms with Crippen molar-refractivity contribution in [2.75, 3.05) is 0 Å². The summed E-state index contributed by atoms with van der Waals surface area (Å²) in [6, 6.07) is 4.32. The maximum Gasteiger partial charge on any atom is 0.122 e. The molecule has 0 aliphatic rings. The number of hydrogen-bond acceptors (Lipinski definition) is 1. The van der Waals surface area contributed by atoms with Crippen molar-refractivity contribution in [3.05, 3.63) is 29.1 Å². The van der Waals surface area contributed by atoms with Crippen LogP contribution in [0.4, 0.5) is 0 Å². The van der Waals surface area contributed by atoms with Gasteiger partial charge in [0.2, 0.25) is 0 Å². The highest BCUT2D eigenvalue weighted by molar-refractivity contribution is 6.16. The van der Waals surface area contributed by atoms with Gasteiger partial charge in [0.1, 0.15) is 5.82 Å². The van der Waals surface area contributed by atoms with E-state index >= 15 is 0 Å². The Morgan fingerprint density at radius 2 is 1.88 bits per heavy atom. The average molecular weight is 251 g/mol. The molecule has 3 heteroatoms. The topological polar surface area (TPSA) is 28.7 Å². The molecule has 0 amide bonds. The third-order valence-corrected chi connectivity index (χ3v) is 3.36. The van der Waals surface area contributed by atoms with Crippen molar-refractivity contribution in [3.8, 4) is 0 Å². The number of H-pyrrole nitrogens is 1. The molecule has 2 nitrogen and oxygen atoms in total. The number of nitrogens with one attached hydrogen (secondary N) is 1.